The highest BCUT2D eigenvalue weighted by Crippen LogP contribution is 2.32. The minimum atomic E-state index is -0.471. The molecule has 0 radical (unpaired) electrons. The molecule has 164 valence electrons. The van der Waals surface area contributed by atoms with Crippen molar-refractivity contribution in [1.82, 2.24) is 9.88 Å². The average molecular weight is 424 g/mol. The highest BCUT2D eigenvalue weighted by molar-refractivity contribution is 6.05. The number of pyridine rings is 1. The number of aryl methyl sites for hydroxylation is 1. The number of para-hydroxylation sites is 1. The first kappa shape index (κ1) is 21.3. The summed E-state index contributed by atoms with van der Waals surface area (Å²) < 4.78 is 10.3. The molecule has 1 aromatic heterocycles. The molecule has 0 spiro atoms. The fourth-order valence-electron chi connectivity index (χ4n) is 4.62. The maximum Gasteiger partial charge on any atom is 0.339 e. The molecule has 2 heterocycles. The van der Waals surface area contributed by atoms with Crippen LogP contribution in [0.5, 0.6) is 0 Å². The molecule has 1 atom stereocenters. The van der Waals surface area contributed by atoms with Crippen molar-refractivity contribution in [3.8, 4) is 0 Å². The Morgan fingerprint density at radius 2 is 1.87 bits per heavy atom. The van der Waals surface area contributed by atoms with E-state index < -0.39 is 5.97 Å². The van der Waals surface area contributed by atoms with Crippen LogP contribution in [0.3, 0.4) is 0 Å². The van der Waals surface area contributed by atoms with Crippen LogP contribution in [0.1, 0.15) is 47.8 Å². The second-order valence-corrected chi connectivity index (χ2v) is 8.53. The second kappa shape index (κ2) is 9.04. The maximum absolute atomic E-state index is 13.1. The molecule has 31 heavy (non-hydrogen) atoms. The normalized spacial score (nSPS) is 19.0. The summed E-state index contributed by atoms with van der Waals surface area (Å²) in [6.45, 7) is 2.79. The molecule has 1 amide bonds. The van der Waals surface area contributed by atoms with E-state index in [2.05, 4.69) is 6.92 Å². The number of likely N-dealkylation sites (tertiary alicyclic amines) is 1. The first-order chi connectivity index (χ1) is 15.0. The summed E-state index contributed by atoms with van der Waals surface area (Å²) in [5.41, 5.74) is 3.23. The van der Waals surface area contributed by atoms with Gasteiger partial charge >= 0.3 is 11.9 Å². The Hall–Kier alpha value is -2.96. The van der Waals surface area contributed by atoms with Crippen LogP contribution >= 0.6 is 0 Å². The van der Waals surface area contributed by atoms with Crippen molar-refractivity contribution < 1.29 is 23.9 Å². The number of nitrogens with zero attached hydrogens (tertiary/aromatic N) is 2. The van der Waals surface area contributed by atoms with E-state index in [0.29, 0.717) is 37.4 Å². The predicted octanol–water partition coefficient (Wildman–Crippen LogP) is 2.93. The third-order valence-corrected chi connectivity index (χ3v) is 6.42. The number of carbonyl (C=O) groups is 3. The summed E-state index contributed by atoms with van der Waals surface area (Å²) in [5, 5.41) is 0.770. The fraction of sp³-hybridized carbons (Fsp3) is 0.500. The van der Waals surface area contributed by atoms with Gasteiger partial charge < -0.3 is 14.4 Å². The molecule has 1 aliphatic heterocycles. The van der Waals surface area contributed by atoms with Gasteiger partial charge in [-0.15, -0.1) is 0 Å². The van der Waals surface area contributed by atoms with Crippen LogP contribution in [-0.2, 0) is 31.9 Å². The molecule has 0 bridgehead atoms. The number of hydrogen-bond acceptors (Lipinski definition) is 6. The smallest absolute Gasteiger partial charge is 0.339 e. The standard InChI is InChI=1S/C24H28N2O5/c1-15-7-8-20-18(13-15)22(17-5-3-4-6-19(17)25-20)24(29)31-14-21(27)26-11-9-16(10-12-26)23(28)30-2/h3-6,15-16H,7-14H2,1-2H3/t15-/m1/s1. The average Bonchev–Trinajstić information content (AvgIpc) is 2.80. The predicted molar refractivity (Wildman–Crippen MR) is 115 cm³/mol. The van der Waals surface area contributed by atoms with Gasteiger partial charge in [0, 0.05) is 24.2 Å². The van der Waals surface area contributed by atoms with E-state index in [-0.39, 0.29) is 24.4 Å². The molecule has 2 aliphatic rings. The molecule has 0 N–H and O–H groups in total. The van der Waals surface area contributed by atoms with Crippen LogP contribution in [0, 0.1) is 11.8 Å². The van der Waals surface area contributed by atoms with Gasteiger partial charge in [-0.2, -0.15) is 0 Å². The third-order valence-electron chi connectivity index (χ3n) is 6.42. The highest BCUT2D eigenvalue weighted by Gasteiger charge is 2.30. The first-order valence-electron chi connectivity index (χ1n) is 10.9. The summed E-state index contributed by atoms with van der Waals surface area (Å²) in [4.78, 5) is 43.8. The van der Waals surface area contributed by atoms with E-state index >= 15 is 0 Å². The number of hydrogen-bond donors (Lipinski definition) is 0. The highest BCUT2D eigenvalue weighted by atomic mass is 16.5. The number of fused-ring (bicyclic) bond motifs is 2. The van der Waals surface area contributed by atoms with Gasteiger partial charge in [-0.3, -0.25) is 14.6 Å². The number of methoxy groups -OCH3 is 1. The van der Waals surface area contributed by atoms with Crippen molar-refractivity contribution in [3.05, 3.63) is 41.1 Å². The second-order valence-electron chi connectivity index (χ2n) is 8.53. The van der Waals surface area contributed by atoms with Crippen molar-refractivity contribution >= 4 is 28.7 Å². The zero-order valence-electron chi connectivity index (χ0n) is 18.1. The molecular weight excluding hydrogens is 396 g/mol. The number of esters is 2. The quantitative estimate of drug-likeness (QED) is 0.702. The fourth-order valence-corrected chi connectivity index (χ4v) is 4.62. The van der Waals surface area contributed by atoms with E-state index in [1.165, 1.54) is 7.11 Å². The summed E-state index contributed by atoms with van der Waals surface area (Å²) in [6, 6.07) is 7.58. The summed E-state index contributed by atoms with van der Waals surface area (Å²) in [5.74, 6) is -0.644. The van der Waals surface area contributed by atoms with E-state index in [1.54, 1.807) is 4.90 Å². The zero-order valence-corrected chi connectivity index (χ0v) is 18.1. The van der Waals surface area contributed by atoms with Crippen LogP contribution in [0.2, 0.25) is 0 Å². The van der Waals surface area contributed by atoms with Crippen LogP contribution in [-0.4, -0.2) is 54.5 Å². The topological polar surface area (TPSA) is 85.8 Å². The van der Waals surface area contributed by atoms with E-state index in [4.69, 9.17) is 14.5 Å². The van der Waals surface area contributed by atoms with Gasteiger partial charge in [-0.05, 0) is 49.7 Å². The molecule has 0 unspecified atom stereocenters. The zero-order chi connectivity index (χ0) is 22.0. The monoisotopic (exact) mass is 424 g/mol. The minimum Gasteiger partial charge on any atom is -0.469 e. The SMILES string of the molecule is COC(=O)C1CCN(C(=O)COC(=O)c2c3c(nc4ccccc24)CC[C@@H](C)C3)CC1. The molecule has 7 heteroatoms. The Labute approximate surface area is 181 Å². The molecule has 4 rings (SSSR count). The van der Waals surface area contributed by atoms with Gasteiger partial charge in [0.2, 0.25) is 0 Å². The Balaban J connectivity index is 1.47. The Morgan fingerprint density at radius 3 is 2.61 bits per heavy atom. The van der Waals surface area contributed by atoms with Gasteiger partial charge in [0.15, 0.2) is 6.61 Å². The summed E-state index contributed by atoms with van der Waals surface area (Å²) >= 11 is 0. The molecule has 1 saturated heterocycles. The first-order valence-corrected chi connectivity index (χ1v) is 10.9. The van der Waals surface area contributed by atoms with Crippen molar-refractivity contribution in [2.75, 3.05) is 26.8 Å². The number of rotatable bonds is 4. The number of piperidine rings is 1. The van der Waals surface area contributed by atoms with E-state index in [1.807, 2.05) is 24.3 Å². The molecule has 1 aliphatic carbocycles. The summed E-state index contributed by atoms with van der Waals surface area (Å²) in [6.07, 6.45) is 3.80. The van der Waals surface area contributed by atoms with E-state index in [9.17, 15) is 14.4 Å². The summed E-state index contributed by atoms with van der Waals surface area (Å²) in [7, 11) is 1.38. The number of ether oxygens (including phenoxy) is 2. The van der Waals surface area contributed by atoms with Gasteiger partial charge in [0.25, 0.3) is 5.91 Å². The Kier molecular flexibility index (Phi) is 6.20. The largest absolute Gasteiger partial charge is 0.469 e. The maximum atomic E-state index is 13.1. The lowest BCUT2D eigenvalue weighted by Gasteiger charge is -2.30. The van der Waals surface area contributed by atoms with Crippen molar-refractivity contribution in [2.24, 2.45) is 11.8 Å². The van der Waals surface area contributed by atoms with Crippen LogP contribution in [0.25, 0.3) is 10.9 Å². The van der Waals surface area contributed by atoms with Crippen LogP contribution in [0.4, 0.5) is 0 Å². The van der Waals surface area contributed by atoms with Gasteiger partial charge in [0.05, 0.1) is 24.1 Å². The molecule has 0 saturated carbocycles. The molecular formula is C24H28N2O5. The van der Waals surface area contributed by atoms with Crippen LogP contribution < -0.4 is 0 Å². The number of benzene rings is 1. The molecule has 1 aromatic carbocycles. The lowest BCUT2D eigenvalue weighted by Crippen LogP contribution is -2.42. The van der Waals surface area contributed by atoms with Gasteiger partial charge in [-0.25, -0.2) is 4.79 Å². The Bertz CT molecular complexity index is 1010. The number of aromatic nitrogens is 1. The minimum absolute atomic E-state index is 0.173. The Morgan fingerprint density at radius 1 is 1.13 bits per heavy atom. The third kappa shape index (κ3) is 4.40. The number of amides is 1. The van der Waals surface area contributed by atoms with E-state index in [0.717, 1.165) is 41.4 Å². The molecule has 1 fully saturated rings. The van der Waals surface area contributed by atoms with Crippen molar-refractivity contribution in [1.29, 1.82) is 0 Å². The molecule has 7 nitrogen and oxygen atoms in total. The van der Waals surface area contributed by atoms with Gasteiger partial charge in [-0.1, -0.05) is 25.1 Å². The van der Waals surface area contributed by atoms with Gasteiger partial charge in [0.1, 0.15) is 0 Å². The lowest BCUT2D eigenvalue weighted by molar-refractivity contribution is -0.149. The van der Waals surface area contributed by atoms with Crippen molar-refractivity contribution in [3.63, 3.8) is 0 Å². The number of carbonyl (C=O) groups excluding carboxylic acids is 3. The molecule has 2 aromatic rings. The van der Waals surface area contributed by atoms with Crippen molar-refractivity contribution in [2.45, 2.75) is 39.0 Å². The van der Waals surface area contributed by atoms with Crippen LogP contribution in [0.15, 0.2) is 24.3 Å². The lowest BCUT2D eigenvalue weighted by atomic mass is 9.84.